The third kappa shape index (κ3) is 3.92. The molecule has 1 saturated carbocycles. The van der Waals surface area contributed by atoms with Gasteiger partial charge in [0.1, 0.15) is 0 Å². The van der Waals surface area contributed by atoms with Gasteiger partial charge in [0.25, 0.3) is 5.91 Å². The van der Waals surface area contributed by atoms with Crippen LogP contribution in [0.1, 0.15) is 34.3 Å². The van der Waals surface area contributed by atoms with Crippen LogP contribution in [0.4, 0.5) is 0 Å². The number of hydrogen-bond acceptors (Lipinski definition) is 3. The Morgan fingerprint density at radius 2 is 2.10 bits per heavy atom. The fourth-order valence-electron chi connectivity index (χ4n) is 2.27. The Morgan fingerprint density at radius 3 is 2.71 bits per heavy atom. The largest absolute Gasteiger partial charge is 0.478 e. The molecule has 5 nitrogen and oxygen atoms in total. The van der Waals surface area contributed by atoms with Crippen molar-refractivity contribution in [3.05, 3.63) is 41.0 Å². The summed E-state index contributed by atoms with van der Waals surface area (Å²) in [5.74, 6) is -1.15. The van der Waals surface area contributed by atoms with E-state index in [-0.39, 0.29) is 18.1 Å². The molecule has 0 aliphatic heterocycles. The van der Waals surface area contributed by atoms with E-state index >= 15 is 0 Å². The summed E-state index contributed by atoms with van der Waals surface area (Å²) in [5.41, 5.74) is 2.19. The molecule has 0 heterocycles. The van der Waals surface area contributed by atoms with Crippen molar-refractivity contribution >= 4 is 18.0 Å². The molecular formula is C16H19NO4. The van der Waals surface area contributed by atoms with Crippen molar-refractivity contribution in [2.24, 2.45) is 0 Å². The number of carbonyl (C=O) groups is 2. The number of carboxylic acid groups (broad SMARTS) is 1. The number of rotatable bonds is 5. The van der Waals surface area contributed by atoms with Crippen LogP contribution < -0.4 is 5.32 Å². The van der Waals surface area contributed by atoms with Gasteiger partial charge in [0, 0.05) is 24.8 Å². The highest BCUT2D eigenvalue weighted by molar-refractivity contribution is 5.95. The number of benzene rings is 1. The molecule has 112 valence electrons. The highest BCUT2D eigenvalue weighted by Gasteiger charge is 2.30. The standard InChI is InChI=1S/C16H19NO4/c1-10-3-4-12(7-11(10)5-6-15(18)19)16(20)17-13-8-14(9-13)21-2/h3-7,13-14H,8-9H2,1-2H3,(H,17,20)(H,18,19)/b6-5+. The molecule has 1 aromatic rings. The SMILES string of the molecule is COC1CC(NC(=O)c2ccc(C)c(/C=C/C(=O)O)c2)C1. The van der Waals surface area contributed by atoms with Crippen LogP contribution in [-0.2, 0) is 9.53 Å². The molecular weight excluding hydrogens is 270 g/mol. The van der Waals surface area contributed by atoms with E-state index in [1.807, 2.05) is 13.0 Å². The van der Waals surface area contributed by atoms with E-state index in [1.54, 1.807) is 19.2 Å². The summed E-state index contributed by atoms with van der Waals surface area (Å²) in [6, 6.07) is 5.42. The second-order valence-corrected chi connectivity index (χ2v) is 5.24. The zero-order valence-electron chi connectivity index (χ0n) is 12.1. The Balaban J connectivity index is 2.04. The Labute approximate surface area is 123 Å². The smallest absolute Gasteiger partial charge is 0.328 e. The summed E-state index contributed by atoms with van der Waals surface area (Å²) in [5, 5.41) is 11.6. The van der Waals surface area contributed by atoms with E-state index in [0.29, 0.717) is 5.56 Å². The monoisotopic (exact) mass is 289 g/mol. The molecule has 0 saturated heterocycles. The molecule has 1 aromatic carbocycles. The van der Waals surface area contributed by atoms with Crippen molar-refractivity contribution in [2.75, 3.05) is 7.11 Å². The lowest BCUT2D eigenvalue weighted by Crippen LogP contribution is -2.47. The second kappa shape index (κ2) is 6.54. The Bertz CT molecular complexity index is 574. The summed E-state index contributed by atoms with van der Waals surface area (Å²) in [6.07, 6.45) is 4.47. The molecule has 1 aliphatic rings. The van der Waals surface area contributed by atoms with Crippen LogP contribution in [0.3, 0.4) is 0 Å². The molecule has 0 bridgehead atoms. The first-order valence-electron chi connectivity index (χ1n) is 6.85. The van der Waals surface area contributed by atoms with Gasteiger partial charge in [0.15, 0.2) is 0 Å². The molecule has 1 amide bonds. The van der Waals surface area contributed by atoms with E-state index in [1.165, 1.54) is 6.08 Å². The molecule has 0 spiro atoms. The van der Waals surface area contributed by atoms with Crippen molar-refractivity contribution in [1.29, 1.82) is 0 Å². The van der Waals surface area contributed by atoms with Crippen LogP contribution in [0.5, 0.6) is 0 Å². The third-order valence-electron chi connectivity index (χ3n) is 3.71. The molecule has 0 atom stereocenters. The number of carboxylic acids is 1. The lowest BCUT2D eigenvalue weighted by Gasteiger charge is -2.34. The number of amides is 1. The fraction of sp³-hybridized carbons (Fsp3) is 0.375. The van der Waals surface area contributed by atoms with Crippen LogP contribution in [0.15, 0.2) is 24.3 Å². The van der Waals surface area contributed by atoms with Gasteiger partial charge in [-0.15, -0.1) is 0 Å². The molecule has 0 aromatic heterocycles. The van der Waals surface area contributed by atoms with Gasteiger partial charge in [0.2, 0.25) is 0 Å². The Kier molecular flexibility index (Phi) is 4.75. The van der Waals surface area contributed by atoms with Crippen molar-refractivity contribution in [2.45, 2.75) is 31.9 Å². The maximum Gasteiger partial charge on any atom is 0.328 e. The topological polar surface area (TPSA) is 75.6 Å². The predicted octanol–water partition coefficient (Wildman–Crippen LogP) is 2.00. The third-order valence-corrected chi connectivity index (χ3v) is 3.71. The minimum atomic E-state index is -1.01. The number of aliphatic carboxylic acids is 1. The minimum absolute atomic E-state index is 0.139. The van der Waals surface area contributed by atoms with Gasteiger partial charge in [-0.3, -0.25) is 4.79 Å². The summed E-state index contributed by atoms with van der Waals surface area (Å²) in [4.78, 5) is 22.7. The van der Waals surface area contributed by atoms with Crippen LogP contribution in [-0.4, -0.2) is 36.2 Å². The van der Waals surface area contributed by atoms with Crippen LogP contribution >= 0.6 is 0 Å². The van der Waals surface area contributed by atoms with Gasteiger partial charge in [-0.05, 0) is 49.1 Å². The maximum absolute atomic E-state index is 12.2. The van der Waals surface area contributed by atoms with Gasteiger partial charge in [-0.2, -0.15) is 0 Å². The first-order chi connectivity index (χ1) is 9.99. The van der Waals surface area contributed by atoms with Gasteiger partial charge >= 0.3 is 5.97 Å². The lowest BCUT2D eigenvalue weighted by atomic mass is 9.89. The molecule has 0 radical (unpaired) electrons. The average molecular weight is 289 g/mol. The summed E-state index contributed by atoms with van der Waals surface area (Å²) in [6.45, 7) is 1.87. The number of nitrogens with one attached hydrogen (secondary N) is 1. The number of carbonyl (C=O) groups excluding carboxylic acids is 1. The first-order valence-corrected chi connectivity index (χ1v) is 6.85. The van der Waals surface area contributed by atoms with Crippen LogP contribution in [0, 0.1) is 6.92 Å². The number of hydrogen-bond donors (Lipinski definition) is 2. The summed E-state index contributed by atoms with van der Waals surface area (Å²) in [7, 11) is 1.67. The van der Waals surface area contributed by atoms with Crippen LogP contribution in [0.25, 0.3) is 6.08 Å². The van der Waals surface area contributed by atoms with E-state index in [2.05, 4.69) is 5.32 Å². The Morgan fingerprint density at radius 1 is 1.38 bits per heavy atom. The van der Waals surface area contributed by atoms with Crippen molar-refractivity contribution < 1.29 is 19.4 Å². The highest BCUT2D eigenvalue weighted by atomic mass is 16.5. The predicted molar refractivity (Wildman–Crippen MR) is 79.1 cm³/mol. The summed E-state index contributed by atoms with van der Waals surface area (Å²) < 4.78 is 5.18. The maximum atomic E-state index is 12.2. The number of methoxy groups -OCH3 is 1. The van der Waals surface area contributed by atoms with Crippen molar-refractivity contribution in [3.63, 3.8) is 0 Å². The minimum Gasteiger partial charge on any atom is -0.478 e. The highest BCUT2D eigenvalue weighted by Crippen LogP contribution is 2.23. The van der Waals surface area contributed by atoms with Crippen molar-refractivity contribution in [3.8, 4) is 0 Å². The van der Waals surface area contributed by atoms with E-state index < -0.39 is 5.97 Å². The van der Waals surface area contributed by atoms with Gasteiger partial charge in [0.05, 0.1) is 6.10 Å². The Hall–Kier alpha value is -2.14. The molecule has 21 heavy (non-hydrogen) atoms. The summed E-state index contributed by atoms with van der Waals surface area (Å²) >= 11 is 0. The zero-order chi connectivity index (χ0) is 15.4. The fourth-order valence-corrected chi connectivity index (χ4v) is 2.27. The average Bonchev–Trinajstić information content (AvgIpc) is 2.41. The normalized spacial score (nSPS) is 21.0. The van der Waals surface area contributed by atoms with Gasteiger partial charge in [-0.1, -0.05) is 6.07 Å². The zero-order valence-corrected chi connectivity index (χ0v) is 12.1. The second-order valence-electron chi connectivity index (χ2n) is 5.24. The van der Waals surface area contributed by atoms with E-state index in [4.69, 9.17) is 9.84 Å². The molecule has 2 rings (SSSR count). The van der Waals surface area contributed by atoms with Gasteiger partial charge in [-0.25, -0.2) is 4.79 Å². The molecule has 2 N–H and O–H groups in total. The number of ether oxygens (including phenoxy) is 1. The first kappa shape index (κ1) is 15.3. The van der Waals surface area contributed by atoms with Crippen LogP contribution in [0.2, 0.25) is 0 Å². The quantitative estimate of drug-likeness (QED) is 0.813. The van der Waals surface area contributed by atoms with E-state index in [0.717, 1.165) is 30.0 Å². The number of aryl methyl sites for hydroxylation is 1. The van der Waals surface area contributed by atoms with E-state index in [9.17, 15) is 9.59 Å². The lowest BCUT2D eigenvalue weighted by molar-refractivity contribution is -0.131. The molecule has 0 unspecified atom stereocenters. The molecule has 1 fully saturated rings. The van der Waals surface area contributed by atoms with Crippen molar-refractivity contribution in [1.82, 2.24) is 5.32 Å². The molecule has 5 heteroatoms. The van der Waals surface area contributed by atoms with Gasteiger partial charge < -0.3 is 15.2 Å². The molecule has 1 aliphatic carbocycles.